The van der Waals surface area contributed by atoms with Crippen LogP contribution in [0.15, 0.2) is 42.6 Å². The first kappa shape index (κ1) is 7.38. The number of para-hydroxylation sites is 2. The Balaban J connectivity index is 2.57. The van der Waals surface area contributed by atoms with E-state index in [-0.39, 0.29) is 0 Å². The van der Waals surface area contributed by atoms with Gasteiger partial charge in [-0.2, -0.15) is 0 Å². The number of pyridine rings is 1. The summed E-state index contributed by atoms with van der Waals surface area (Å²) in [5.41, 5.74) is 9.44. The zero-order valence-corrected chi connectivity index (χ0v) is 7.51. The summed E-state index contributed by atoms with van der Waals surface area (Å²) in [5.74, 6) is 0. The molecular weight excluding hydrogens is 174 g/mol. The molecule has 0 amide bonds. The number of aromatic nitrogens is 2. The second-order valence-corrected chi connectivity index (χ2v) is 3.29. The van der Waals surface area contributed by atoms with Gasteiger partial charge in [0.25, 0.3) is 0 Å². The van der Waals surface area contributed by atoms with Crippen LogP contribution >= 0.6 is 0 Å². The summed E-state index contributed by atoms with van der Waals surface area (Å²) >= 11 is 0. The second kappa shape index (κ2) is 2.48. The van der Waals surface area contributed by atoms with Crippen molar-refractivity contribution in [3.63, 3.8) is 0 Å². The Morgan fingerprint density at radius 1 is 1.14 bits per heavy atom. The third kappa shape index (κ3) is 0.893. The molecule has 3 aromatic rings. The minimum absolute atomic E-state index is 0.743. The van der Waals surface area contributed by atoms with E-state index in [1.807, 2.05) is 47.0 Å². The fourth-order valence-corrected chi connectivity index (χ4v) is 1.68. The van der Waals surface area contributed by atoms with E-state index in [0.717, 1.165) is 22.4 Å². The van der Waals surface area contributed by atoms with E-state index in [9.17, 15) is 0 Å². The Morgan fingerprint density at radius 2 is 2.00 bits per heavy atom. The average molecular weight is 183 g/mol. The van der Waals surface area contributed by atoms with Gasteiger partial charge in [-0.1, -0.05) is 12.1 Å². The van der Waals surface area contributed by atoms with Crippen LogP contribution in [0.3, 0.4) is 0 Å². The number of hydrogen-bond donors (Lipinski definition) is 1. The molecule has 3 nitrogen and oxygen atoms in total. The molecule has 14 heavy (non-hydrogen) atoms. The van der Waals surface area contributed by atoms with Gasteiger partial charge in [0.05, 0.1) is 11.0 Å². The van der Waals surface area contributed by atoms with Crippen molar-refractivity contribution in [2.24, 2.45) is 0 Å². The van der Waals surface area contributed by atoms with Gasteiger partial charge in [0.15, 0.2) is 0 Å². The predicted molar refractivity (Wildman–Crippen MR) is 57.1 cm³/mol. The van der Waals surface area contributed by atoms with Crippen LogP contribution in [0, 0.1) is 0 Å². The van der Waals surface area contributed by atoms with Gasteiger partial charge < -0.3 is 5.73 Å². The quantitative estimate of drug-likeness (QED) is 0.579. The van der Waals surface area contributed by atoms with Crippen LogP contribution in [-0.4, -0.2) is 9.38 Å². The van der Waals surface area contributed by atoms with Gasteiger partial charge in [0.1, 0.15) is 5.65 Å². The van der Waals surface area contributed by atoms with Crippen molar-refractivity contribution in [3.8, 4) is 0 Å². The lowest BCUT2D eigenvalue weighted by Gasteiger charge is -1.95. The van der Waals surface area contributed by atoms with Gasteiger partial charge in [-0.25, -0.2) is 4.98 Å². The third-order valence-corrected chi connectivity index (χ3v) is 2.33. The van der Waals surface area contributed by atoms with Gasteiger partial charge in [-0.3, -0.25) is 4.40 Å². The maximum Gasteiger partial charge on any atom is 0.139 e. The molecule has 0 atom stereocenters. The highest BCUT2D eigenvalue weighted by Crippen LogP contribution is 2.17. The first-order valence-electron chi connectivity index (χ1n) is 4.47. The number of nitrogen functional groups attached to an aromatic ring is 1. The average Bonchev–Trinajstić information content (AvgIpc) is 2.54. The Hall–Kier alpha value is -2.03. The molecule has 0 radical (unpaired) electrons. The van der Waals surface area contributed by atoms with E-state index in [2.05, 4.69) is 4.98 Å². The summed E-state index contributed by atoms with van der Waals surface area (Å²) in [4.78, 5) is 4.46. The summed E-state index contributed by atoms with van der Waals surface area (Å²) in [7, 11) is 0. The molecule has 1 aromatic carbocycles. The number of imidazole rings is 1. The minimum atomic E-state index is 0.743. The largest absolute Gasteiger partial charge is 0.399 e. The van der Waals surface area contributed by atoms with Crippen molar-refractivity contribution < 1.29 is 0 Å². The maximum atomic E-state index is 5.69. The van der Waals surface area contributed by atoms with E-state index in [1.54, 1.807) is 0 Å². The topological polar surface area (TPSA) is 43.3 Å². The Labute approximate surface area is 80.8 Å². The molecule has 0 aliphatic carbocycles. The highest BCUT2D eigenvalue weighted by atomic mass is 15.0. The number of anilines is 1. The number of fused-ring (bicyclic) bond motifs is 3. The van der Waals surface area contributed by atoms with Crippen LogP contribution < -0.4 is 5.73 Å². The number of benzene rings is 1. The second-order valence-electron chi connectivity index (χ2n) is 3.29. The molecule has 68 valence electrons. The van der Waals surface area contributed by atoms with Gasteiger partial charge in [-0.15, -0.1) is 0 Å². The number of hydrogen-bond acceptors (Lipinski definition) is 2. The fourth-order valence-electron chi connectivity index (χ4n) is 1.68. The van der Waals surface area contributed by atoms with Crippen molar-refractivity contribution in [3.05, 3.63) is 42.6 Å². The molecule has 3 heteroatoms. The van der Waals surface area contributed by atoms with Crippen LogP contribution in [0.1, 0.15) is 0 Å². The van der Waals surface area contributed by atoms with Crippen LogP contribution in [0.4, 0.5) is 5.69 Å². The first-order valence-corrected chi connectivity index (χ1v) is 4.47. The molecule has 2 heterocycles. The molecule has 3 rings (SSSR count). The van der Waals surface area contributed by atoms with E-state index in [0.29, 0.717) is 0 Å². The van der Waals surface area contributed by atoms with E-state index >= 15 is 0 Å². The van der Waals surface area contributed by atoms with E-state index < -0.39 is 0 Å². The highest BCUT2D eigenvalue weighted by molar-refractivity contribution is 5.81. The molecule has 0 unspecified atom stereocenters. The van der Waals surface area contributed by atoms with Gasteiger partial charge in [-0.05, 0) is 18.2 Å². The molecule has 0 aliphatic heterocycles. The summed E-state index contributed by atoms with van der Waals surface area (Å²) in [6.45, 7) is 0. The smallest absolute Gasteiger partial charge is 0.139 e. The summed E-state index contributed by atoms with van der Waals surface area (Å²) in [6.07, 6.45) is 1.94. The molecule has 0 bridgehead atoms. The van der Waals surface area contributed by atoms with Gasteiger partial charge in [0.2, 0.25) is 0 Å². The molecule has 0 aliphatic rings. The SMILES string of the molecule is Nc1ccn2c(c1)nc1ccccc12. The predicted octanol–water partition coefficient (Wildman–Crippen LogP) is 2.07. The van der Waals surface area contributed by atoms with Crippen LogP contribution in [0.25, 0.3) is 16.7 Å². The molecule has 0 saturated heterocycles. The van der Waals surface area contributed by atoms with E-state index in [4.69, 9.17) is 5.73 Å². The monoisotopic (exact) mass is 183 g/mol. The van der Waals surface area contributed by atoms with Gasteiger partial charge >= 0.3 is 0 Å². The lowest BCUT2D eigenvalue weighted by Crippen LogP contribution is -1.88. The fraction of sp³-hybridized carbons (Fsp3) is 0. The summed E-state index contributed by atoms with van der Waals surface area (Å²) in [5, 5.41) is 0. The minimum Gasteiger partial charge on any atom is -0.399 e. The molecule has 0 fully saturated rings. The first-order chi connectivity index (χ1) is 6.84. The third-order valence-electron chi connectivity index (χ3n) is 2.33. The molecule has 0 saturated carbocycles. The Bertz CT molecular complexity index is 610. The van der Waals surface area contributed by atoms with Crippen LogP contribution in [0.5, 0.6) is 0 Å². The number of nitrogens with zero attached hydrogens (tertiary/aromatic N) is 2. The Morgan fingerprint density at radius 3 is 2.93 bits per heavy atom. The van der Waals surface area contributed by atoms with Crippen LogP contribution in [0.2, 0.25) is 0 Å². The van der Waals surface area contributed by atoms with Crippen molar-refractivity contribution in [2.45, 2.75) is 0 Å². The summed E-state index contributed by atoms with van der Waals surface area (Å²) in [6, 6.07) is 11.8. The molecule has 2 aromatic heterocycles. The molecule has 0 spiro atoms. The normalized spacial score (nSPS) is 11.1. The van der Waals surface area contributed by atoms with Crippen molar-refractivity contribution >= 4 is 22.4 Å². The Kier molecular flexibility index (Phi) is 1.31. The van der Waals surface area contributed by atoms with Crippen molar-refractivity contribution in [1.29, 1.82) is 0 Å². The number of rotatable bonds is 0. The van der Waals surface area contributed by atoms with Crippen molar-refractivity contribution in [2.75, 3.05) is 5.73 Å². The lowest BCUT2D eigenvalue weighted by atomic mass is 10.3. The van der Waals surface area contributed by atoms with Gasteiger partial charge in [0, 0.05) is 18.0 Å². The maximum absolute atomic E-state index is 5.69. The number of nitrogens with two attached hydrogens (primary N) is 1. The zero-order chi connectivity index (χ0) is 9.54. The highest BCUT2D eigenvalue weighted by Gasteiger charge is 2.02. The zero-order valence-electron chi connectivity index (χ0n) is 7.51. The summed E-state index contributed by atoms with van der Waals surface area (Å²) < 4.78 is 2.03. The van der Waals surface area contributed by atoms with Crippen LogP contribution in [-0.2, 0) is 0 Å². The standard InChI is InChI=1S/C11H9N3/c12-8-5-6-14-10-4-2-1-3-9(10)13-11(14)7-8/h1-7H,12H2. The van der Waals surface area contributed by atoms with E-state index in [1.165, 1.54) is 0 Å². The molecular formula is C11H9N3. The van der Waals surface area contributed by atoms with Crippen molar-refractivity contribution in [1.82, 2.24) is 9.38 Å². The molecule has 2 N–H and O–H groups in total. The lowest BCUT2D eigenvalue weighted by molar-refractivity contribution is 1.23.